The molecule has 1 fully saturated rings. The van der Waals surface area contributed by atoms with Crippen LogP contribution in [0, 0.1) is 0 Å². The monoisotopic (exact) mass is 424 g/mol. The summed E-state index contributed by atoms with van der Waals surface area (Å²) in [6.45, 7) is 2.58. The van der Waals surface area contributed by atoms with E-state index >= 15 is 0 Å². The Bertz CT molecular complexity index is 754. The highest BCUT2D eigenvalue weighted by Crippen LogP contribution is 2.29. The lowest BCUT2D eigenvalue weighted by molar-refractivity contribution is -0.157. The van der Waals surface area contributed by atoms with Crippen LogP contribution in [0.4, 0.5) is 0 Å². The van der Waals surface area contributed by atoms with E-state index in [0.29, 0.717) is 12.8 Å². The van der Waals surface area contributed by atoms with Gasteiger partial charge in [0.2, 0.25) is 6.79 Å². The summed E-state index contributed by atoms with van der Waals surface area (Å²) in [6, 6.07) is 0.658. The second-order valence-corrected chi connectivity index (χ2v) is 6.82. The fraction of sp³-hybridized carbons (Fsp3) is 0.600. The van der Waals surface area contributed by atoms with Gasteiger partial charge in [-0.2, -0.15) is 0 Å². The second-order valence-electron chi connectivity index (χ2n) is 6.82. The van der Waals surface area contributed by atoms with Crippen molar-refractivity contribution in [1.82, 2.24) is 10.3 Å². The molecule has 1 aliphatic rings. The summed E-state index contributed by atoms with van der Waals surface area (Å²) < 4.78 is 26.2. The van der Waals surface area contributed by atoms with Crippen molar-refractivity contribution in [2.75, 3.05) is 21.0 Å². The average molecular weight is 424 g/mol. The Balaban J connectivity index is 2.17. The van der Waals surface area contributed by atoms with Crippen molar-refractivity contribution in [2.45, 2.75) is 57.8 Å². The average Bonchev–Trinajstić information content (AvgIpc) is 2.77. The summed E-state index contributed by atoms with van der Waals surface area (Å²) in [7, 11) is 2.98. The third-order valence-electron chi connectivity index (χ3n) is 4.72. The maximum absolute atomic E-state index is 12.9. The highest BCUT2D eigenvalue weighted by atomic mass is 16.7. The van der Waals surface area contributed by atoms with Crippen molar-refractivity contribution < 1.29 is 38.1 Å². The molecule has 0 radical (unpaired) electrons. The molecule has 10 heteroatoms. The van der Waals surface area contributed by atoms with Crippen LogP contribution in [0.2, 0.25) is 0 Å². The largest absolute Gasteiger partial charge is 0.493 e. The van der Waals surface area contributed by atoms with Crippen LogP contribution in [0.15, 0.2) is 12.3 Å². The van der Waals surface area contributed by atoms with Gasteiger partial charge in [0.15, 0.2) is 17.2 Å². The molecule has 0 saturated carbocycles. The van der Waals surface area contributed by atoms with Gasteiger partial charge in [0.05, 0.1) is 13.2 Å². The second kappa shape index (κ2) is 11.3. The molecule has 0 bridgehead atoms. The SMILES string of the molecule is COc1ccnc(C(=O)N[C@H]2CCCCC(OC)C(C)OC2=O)c1OCOC(C)=O. The predicted octanol–water partition coefficient (Wildman–Crippen LogP) is 1.61. The van der Waals surface area contributed by atoms with Crippen LogP contribution in [0.5, 0.6) is 11.5 Å². The van der Waals surface area contributed by atoms with E-state index in [-0.39, 0.29) is 23.3 Å². The summed E-state index contributed by atoms with van der Waals surface area (Å²) >= 11 is 0. The first-order chi connectivity index (χ1) is 14.4. The lowest BCUT2D eigenvalue weighted by atomic mass is 10.1. The third kappa shape index (κ3) is 6.31. The van der Waals surface area contributed by atoms with Crippen LogP contribution in [0.1, 0.15) is 50.0 Å². The number of aromatic nitrogens is 1. The van der Waals surface area contributed by atoms with E-state index in [1.54, 1.807) is 14.0 Å². The van der Waals surface area contributed by atoms with Crippen molar-refractivity contribution in [3.63, 3.8) is 0 Å². The van der Waals surface area contributed by atoms with Gasteiger partial charge in [-0.3, -0.25) is 9.59 Å². The first-order valence-electron chi connectivity index (χ1n) is 9.70. The Morgan fingerprint density at radius 2 is 2.00 bits per heavy atom. The highest BCUT2D eigenvalue weighted by molar-refractivity contribution is 5.98. The highest BCUT2D eigenvalue weighted by Gasteiger charge is 2.30. The molecule has 3 atom stereocenters. The number of rotatable bonds is 7. The molecular weight excluding hydrogens is 396 g/mol. The first-order valence-corrected chi connectivity index (χ1v) is 9.70. The van der Waals surface area contributed by atoms with Gasteiger partial charge in [0.1, 0.15) is 12.1 Å². The fourth-order valence-corrected chi connectivity index (χ4v) is 3.12. The van der Waals surface area contributed by atoms with Gasteiger partial charge in [-0.15, -0.1) is 0 Å². The predicted molar refractivity (Wildman–Crippen MR) is 104 cm³/mol. The quantitative estimate of drug-likeness (QED) is 0.514. The number of ether oxygens (including phenoxy) is 5. The maximum atomic E-state index is 12.9. The molecule has 1 aliphatic heterocycles. The number of esters is 2. The zero-order chi connectivity index (χ0) is 22.1. The number of hydrogen-bond acceptors (Lipinski definition) is 9. The molecule has 0 spiro atoms. The lowest BCUT2D eigenvalue weighted by Gasteiger charge is -2.23. The number of nitrogens with one attached hydrogen (secondary N) is 1. The van der Waals surface area contributed by atoms with E-state index in [1.165, 1.54) is 26.3 Å². The molecule has 1 N–H and O–H groups in total. The molecule has 2 rings (SSSR count). The third-order valence-corrected chi connectivity index (χ3v) is 4.72. The summed E-state index contributed by atoms with van der Waals surface area (Å²) in [5.41, 5.74) is -0.100. The Kier molecular flexibility index (Phi) is 8.85. The molecule has 1 saturated heterocycles. The molecule has 1 aromatic rings. The standard InChI is InChI=1S/C20H28N2O8/c1-12-15(26-3)8-6-5-7-14(20(25)30-12)22-19(24)17-18(29-11-28-13(2)23)16(27-4)9-10-21-17/h9-10,12,14-15H,5-8,11H2,1-4H3,(H,22,24)/t12?,14-,15?/m0/s1. The Morgan fingerprint density at radius 1 is 1.27 bits per heavy atom. The number of nitrogens with zero attached hydrogens (tertiary/aromatic N) is 1. The topological polar surface area (TPSA) is 122 Å². The van der Waals surface area contributed by atoms with Crippen molar-refractivity contribution in [3.8, 4) is 11.5 Å². The van der Waals surface area contributed by atoms with E-state index in [0.717, 1.165) is 12.8 Å². The fourth-order valence-electron chi connectivity index (χ4n) is 3.12. The number of cyclic esters (lactones) is 1. The van der Waals surface area contributed by atoms with Crippen molar-refractivity contribution in [1.29, 1.82) is 0 Å². The Hall–Kier alpha value is -2.88. The lowest BCUT2D eigenvalue weighted by Crippen LogP contribution is -2.44. The molecule has 1 aromatic heterocycles. The minimum atomic E-state index is -0.843. The molecule has 166 valence electrons. The van der Waals surface area contributed by atoms with Crippen LogP contribution in [-0.4, -0.2) is 62.1 Å². The van der Waals surface area contributed by atoms with E-state index in [2.05, 4.69) is 10.3 Å². The summed E-state index contributed by atoms with van der Waals surface area (Å²) in [5.74, 6) is -1.48. The van der Waals surface area contributed by atoms with Crippen molar-refractivity contribution in [3.05, 3.63) is 18.0 Å². The number of carbonyl (C=O) groups excluding carboxylic acids is 3. The maximum Gasteiger partial charge on any atom is 0.329 e. The van der Waals surface area contributed by atoms with Gasteiger partial charge in [0, 0.05) is 26.3 Å². The molecule has 1 amide bonds. The van der Waals surface area contributed by atoms with Gasteiger partial charge in [-0.1, -0.05) is 12.8 Å². The molecule has 2 heterocycles. The number of amides is 1. The Labute approximate surface area is 175 Å². The minimum Gasteiger partial charge on any atom is -0.493 e. The molecule has 0 aromatic carbocycles. The van der Waals surface area contributed by atoms with E-state index in [1.807, 2.05) is 0 Å². The number of carbonyl (C=O) groups is 3. The van der Waals surface area contributed by atoms with Crippen molar-refractivity contribution >= 4 is 17.8 Å². The zero-order valence-corrected chi connectivity index (χ0v) is 17.6. The number of pyridine rings is 1. The normalized spacial score (nSPS) is 22.0. The molecular formula is C20H28N2O8. The van der Waals surface area contributed by atoms with Crippen LogP contribution in [0.3, 0.4) is 0 Å². The molecule has 2 unspecified atom stereocenters. The summed E-state index contributed by atoms with van der Waals surface area (Å²) in [4.78, 5) is 40.5. The van der Waals surface area contributed by atoms with Gasteiger partial charge >= 0.3 is 11.9 Å². The van der Waals surface area contributed by atoms with Crippen LogP contribution >= 0.6 is 0 Å². The van der Waals surface area contributed by atoms with Crippen LogP contribution in [-0.2, 0) is 23.8 Å². The minimum absolute atomic E-state index is 0.00278. The van der Waals surface area contributed by atoms with Gasteiger partial charge in [-0.25, -0.2) is 9.78 Å². The number of hydrogen-bond donors (Lipinski definition) is 1. The molecule has 10 nitrogen and oxygen atoms in total. The van der Waals surface area contributed by atoms with Gasteiger partial charge in [0.25, 0.3) is 5.91 Å². The summed E-state index contributed by atoms with van der Waals surface area (Å²) in [6.07, 6.45) is 3.48. The summed E-state index contributed by atoms with van der Waals surface area (Å²) in [5, 5.41) is 2.66. The van der Waals surface area contributed by atoms with Crippen molar-refractivity contribution in [2.24, 2.45) is 0 Å². The number of methoxy groups -OCH3 is 2. The molecule has 30 heavy (non-hydrogen) atoms. The van der Waals surface area contributed by atoms with E-state index in [9.17, 15) is 14.4 Å². The van der Waals surface area contributed by atoms with Crippen LogP contribution in [0.25, 0.3) is 0 Å². The smallest absolute Gasteiger partial charge is 0.329 e. The van der Waals surface area contributed by atoms with Gasteiger partial charge in [-0.05, 0) is 19.8 Å². The first kappa shape index (κ1) is 23.4. The van der Waals surface area contributed by atoms with Gasteiger partial charge < -0.3 is 29.0 Å². The van der Waals surface area contributed by atoms with Crippen LogP contribution < -0.4 is 14.8 Å². The Morgan fingerprint density at radius 3 is 2.67 bits per heavy atom. The zero-order valence-electron chi connectivity index (χ0n) is 17.6. The van der Waals surface area contributed by atoms with E-state index < -0.39 is 36.8 Å². The van der Waals surface area contributed by atoms with E-state index in [4.69, 9.17) is 23.7 Å². The molecule has 0 aliphatic carbocycles.